The van der Waals surface area contributed by atoms with Crippen molar-refractivity contribution in [3.8, 4) is 0 Å². The van der Waals surface area contributed by atoms with Gasteiger partial charge in [-0.05, 0) is 31.7 Å². The van der Waals surface area contributed by atoms with E-state index >= 15 is 0 Å². The minimum atomic E-state index is -1.98. The Morgan fingerprint density at radius 2 is 2.00 bits per heavy atom. The van der Waals surface area contributed by atoms with Gasteiger partial charge in [0.1, 0.15) is 0 Å². The summed E-state index contributed by atoms with van der Waals surface area (Å²) in [4.78, 5) is 12.1. The summed E-state index contributed by atoms with van der Waals surface area (Å²) in [5.41, 5.74) is 0. The fourth-order valence-electron chi connectivity index (χ4n) is 3.69. The molecule has 5 nitrogen and oxygen atoms in total. The molecule has 5 heteroatoms. The van der Waals surface area contributed by atoms with Gasteiger partial charge in [0.05, 0.1) is 6.61 Å². The van der Waals surface area contributed by atoms with Gasteiger partial charge >= 0.3 is 5.97 Å². The normalized spacial score (nSPS) is 31.5. The van der Waals surface area contributed by atoms with Crippen molar-refractivity contribution in [1.29, 1.82) is 0 Å². The predicted octanol–water partition coefficient (Wildman–Crippen LogP) is 1.57. The Bertz CT molecular complexity index is 345. The molecule has 2 rings (SSSR count). The molecular weight excluding hydrogens is 270 g/mol. The van der Waals surface area contributed by atoms with Crippen molar-refractivity contribution < 1.29 is 19.7 Å². The maximum atomic E-state index is 12.1. The molecule has 0 bridgehead atoms. The fourth-order valence-corrected chi connectivity index (χ4v) is 3.69. The van der Waals surface area contributed by atoms with Crippen LogP contribution in [0.5, 0.6) is 0 Å². The summed E-state index contributed by atoms with van der Waals surface area (Å²) in [6.45, 7) is 3.16. The van der Waals surface area contributed by atoms with Gasteiger partial charge in [-0.1, -0.05) is 39.0 Å². The van der Waals surface area contributed by atoms with Crippen LogP contribution in [0.1, 0.15) is 58.3 Å². The van der Waals surface area contributed by atoms with Crippen LogP contribution in [0.2, 0.25) is 0 Å². The number of aliphatic hydroxyl groups is 2. The molecule has 1 saturated carbocycles. The van der Waals surface area contributed by atoms with Crippen molar-refractivity contribution in [2.75, 3.05) is 13.2 Å². The molecule has 1 aliphatic heterocycles. The number of ether oxygens (including phenoxy) is 1. The second-order valence-electron chi connectivity index (χ2n) is 6.50. The zero-order valence-corrected chi connectivity index (χ0v) is 13.0. The molecule has 0 spiro atoms. The zero-order valence-electron chi connectivity index (χ0n) is 13.0. The standard InChI is InChI=1S/C16H29NO4/c1-2-3-4-7-10-21-15(18)14-16(19,20)13-9-6-5-8-12(13)11-17-14/h12-14,17,19-20H,2-11H2,1H3. The first-order valence-corrected chi connectivity index (χ1v) is 8.42. The summed E-state index contributed by atoms with van der Waals surface area (Å²) in [6.07, 6.45) is 8.05. The molecule has 0 aromatic rings. The van der Waals surface area contributed by atoms with Gasteiger partial charge in [-0.2, -0.15) is 0 Å². The van der Waals surface area contributed by atoms with Crippen LogP contribution in [0.4, 0.5) is 0 Å². The number of hydrogen-bond donors (Lipinski definition) is 3. The number of fused-ring (bicyclic) bond motifs is 1. The second kappa shape index (κ2) is 7.56. The Labute approximate surface area is 127 Å². The lowest BCUT2D eigenvalue weighted by Crippen LogP contribution is -2.67. The highest BCUT2D eigenvalue weighted by molar-refractivity contribution is 5.77. The van der Waals surface area contributed by atoms with Gasteiger partial charge in [0, 0.05) is 5.92 Å². The lowest BCUT2D eigenvalue weighted by molar-refractivity contribution is -0.253. The van der Waals surface area contributed by atoms with Gasteiger partial charge in [0.25, 0.3) is 0 Å². The molecule has 122 valence electrons. The summed E-state index contributed by atoms with van der Waals surface area (Å²) < 4.78 is 5.22. The summed E-state index contributed by atoms with van der Waals surface area (Å²) in [7, 11) is 0. The highest BCUT2D eigenvalue weighted by Crippen LogP contribution is 2.40. The molecule has 1 heterocycles. The van der Waals surface area contributed by atoms with E-state index in [1.54, 1.807) is 0 Å². The average Bonchev–Trinajstić information content (AvgIpc) is 2.47. The zero-order chi connectivity index (χ0) is 15.3. The van der Waals surface area contributed by atoms with Gasteiger partial charge in [0.15, 0.2) is 11.8 Å². The van der Waals surface area contributed by atoms with Crippen LogP contribution >= 0.6 is 0 Å². The van der Waals surface area contributed by atoms with E-state index in [4.69, 9.17) is 4.74 Å². The number of carbonyl (C=O) groups excluding carboxylic acids is 1. The smallest absolute Gasteiger partial charge is 0.328 e. The predicted molar refractivity (Wildman–Crippen MR) is 79.5 cm³/mol. The number of rotatable bonds is 6. The molecule has 21 heavy (non-hydrogen) atoms. The maximum absolute atomic E-state index is 12.1. The molecule has 0 radical (unpaired) electrons. The number of hydrogen-bond acceptors (Lipinski definition) is 5. The molecule has 1 aliphatic carbocycles. The van der Waals surface area contributed by atoms with Crippen molar-refractivity contribution >= 4 is 5.97 Å². The minimum absolute atomic E-state index is 0.217. The van der Waals surface area contributed by atoms with Crippen LogP contribution in [0.3, 0.4) is 0 Å². The van der Waals surface area contributed by atoms with E-state index in [1.807, 2.05) is 0 Å². The van der Waals surface area contributed by atoms with Crippen LogP contribution < -0.4 is 5.32 Å². The van der Waals surface area contributed by atoms with Gasteiger partial charge in [-0.3, -0.25) is 10.1 Å². The number of nitrogens with one attached hydrogen (secondary N) is 1. The molecule has 2 aliphatic rings. The Morgan fingerprint density at radius 1 is 1.24 bits per heavy atom. The quantitative estimate of drug-likeness (QED) is 0.394. The Morgan fingerprint density at radius 3 is 2.76 bits per heavy atom. The molecule has 3 N–H and O–H groups in total. The van der Waals surface area contributed by atoms with Crippen molar-refractivity contribution in [1.82, 2.24) is 5.32 Å². The second-order valence-corrected chi connectivity index (χ2v) is 6.50. The Kier molecular flexibility index (Phi) is 6.02. The largest absolute Gasteiger partial charge is 0.464 e. The van der Waals surface area contributed by atoms with Crippen molar-refractivity contribution in [3.05, 3.63) is 0 Å². The first-order valence-electron chi connectivity index (χ1n) is 8.42. The van der Waals surface area contributed by atoms with E-state index in [1.165, 1.54) is 0 Å². The summed E-state index contributed by atoms with van der Waals surface area (Å²) in [5.74, 6) is -2.47. The third-order valence-electron chi connectivity index (χ3n) is 4.94. The van der Waals surface area contributed by atoms with Gasteiger partial charge in [-0.25, -0.2) is 0 Å². The maximum Gasteiger partial charge on any atom is 0.328 e. The van der Waals surface area contributed by atoms with Crippen molar-refractivity contribution in [2.45, 2.75) is 70.1 Å². The van der Waals surface area contributed by atoms with Crippen LogP contribution in [-0.4, -0.2) is 41.2 Å². The lowest BCUT2D eigenvalue weighted by Gasteiger charge is -2.47. The van der Waals surface area contributed by atoms with Crippen LogP contribution in [0.15, 0.2) is 0 Å². The lowest BCUT2D eigenvalue weighted by atomic mass is 9.70. The first kappa shape index (κ1) is 16.7. The molecule has 3 unspecified atom stereocenters. The van der Waals surface area contributed by atoms with E-state index in [-0.39, 0.29) is 11.8 Å². The Balaban J connectivity index is 1.85. The number of piperidine rings is 1. The first-order chi connectivity index (χ1) is 10.1. The highest BCUT2D eigenvalue weighted by Gasteiger charge is 2.53. The van der Waals surface area contributed by atoms with Gasteiger partial charge < -0.3 is 14.9 Å². The summed E-state index contributed by atoms with van der Waals surface area (Å²) >= 11 is 0. The average molecular weight is 299 g/mol. The van der Waals surface area contributed by atoms with E-state index in [2.05, 4.69) is 12.2 Å². The summed E-state index contributed by atoms with van der Waals surface area (Å²) in [6, 6.07) is -1.01. The van der Waals surface area contributed by atoms with Crippen molar-refractivity contribution in [3.63, 3.8) is 0 Å². The highest BCUT2D eigenvalue weighted by atomic mass is 16.5. The van der Waals surface area contributed by atoms with Gasteiger partial charge in [0.2, 0.25) is 0 Å². The van der Waals surface area contributed by atoms with Crippen LogP contribution in [-0.2, 0) is 9.53 Å². The number of esters is 1. The molecule has 0 aromatic heterocycles. The van der Waals surface area contributed by atoms with Gasteiger partial charge in [-0.15, -0.1) is 0 Å². The fraction of sp³-hybridized carbons (Fsp3) is 0.938. The van der Waals surface area contributed by atoms with Crippen LogP contribution in [0.25, 0.3) is 0 Å². The molecule has 1 saturated heterocycles. The summed E-state index contributed by atoms with van der Waals surface area (Å²) in [5, 5.41) is 23.9. The molecule has 0 aromatic carbocycles. The monoisotopic (exact) mass is 299 g/mol. The molecule has 3 atom stereocenters. The van der Waals surface area contributed by atoms with Crippen LogP contribution in [0, 0.1) is 11.8 Å². The van der Waals surface area contributed by atoms with E-state index in [0.29, 0.717) is 13.2 Å². The SMILES string of the molecule is CCCCCCOC(=O)C1NCC2CCCCC2C1(O)O. The third kappa shape index (κ3) is 3.96. The molecular formula is C16H29NO4. The number of unbranched alkanes of at least 4 members (excludes halogenated alkanes) is 3. The Hall–Kier alpha value is -0.650. The topological polar surface area (TPSA) is 78.8 Å². The third-order valence-corrected chi connectivity index (χ3v) is 4.94. The molecule has 0 amide bonds. The number of carbonyl (C=O) groups is 1. The molecule has 2 fully saturated rings. The van der Waals surface area contributed by atoms with Crippen molar-refractivity contribution in [2.24, 2.45) is 11.8 Å². The van der Waals surface area contributed by atoms with E-state index < -0.39 is 17.8 Å². The van der Waals surface area contributed by atoms with E-state index in [0.717, 1.165) is 51.4 Å². The van der Waals surface area contributed by atoms with E-state index in [9.17, 15) is 15.0 Å². The minimum Gasteiger partial charge on any atom is -0.464 e.